The van der Waals surface area contributed by atoms with Gasteiger partial charge in [-0.25, -0.2) is 4.79 Å². The van der Waals surface area contributed by atoms with Gasteiger partial charge in [0.2, 0.25) is 0 Å². The van der Waals surface area contributed by atoms with Crippen LogP contribution in [0, 0.1) is 0 Å². The molecule has 0 aliphatic carbocycles. The predicted molar refractivity (Wildman–Crippen MR) is 77.7 cm³/mol. The van der Waals surface area contributed by atoms with Crippen molar-refractivity contribution in [1.29, 1.82) is 0 Å². The van der Waals surface area contributed by atoms with Gasteiger partial charge in [0.05, 0.1) is 5.57 Å². The van der Waals surface area contributed by atoms with E-state index in [-0.39, 0.29) is 5.97 Å². The number of halogens is 1. The van der Waals surface area contributed by atoms with Crippen molar-refractivity contribution in [3.63, 3.8) is 0 Å². The van der Waals surface area contributed by atoms with Crippen LogP contribution in [0.4, 0.5) is 0 Å². The highest BCUT2D eigenvalue weighted by molar-refractivity contribution is 6.30. The second-order valence-electron chi connectivity index (χ2n) is 4.29. The number of benzene rings is 1. The van der Waals surface area contributed by atoms with Crippen molar-refractivity contribution in [1.82, 2.24) is 4.98 Å². The van der Waals surface area contributed by atoms with Gasteiger partial charge in [0, 0.05) is 23.0 Å². The second-order valence-corrected chi connectivity index (χ2v) is 4.73. The van der Waals surface area contributed by atoms with E-state index in [2.05, 4.69) is 4.98 Å². The van der Waals surface area contributed by atoms with Crippen LogP contribution in [0.2, 0.25) is 5.02 Å². The van der Waals surface area contributed by atoms with Crippen LogP contribution in [-0.2, 0) is 9.53 Å². The summed E-state index contributed by atoms with van der Waals surface area (Å²) in [4.78, 5) is 15.8. The molecule has 0 N–H and O–H groups in total. The van der Waals surface area contributed by atoms with E-state index in [0.29, 0.717) is 16.4 Å². The Kier molecular flexibility index (Phi) is 3.35. The Morgan fingerprint density at radius 2 is 1.95 bits per heavy atom. The molecular weight excluding hydrogens is 274 g/mol. The first-order chi connectivity index (χ1) is 9.72. The minimum absolute atomic E-state index is 0.362. The maximum atomic E-state index is 11.8. The molecule has 1 aromatic carbocycles. The van der Waals surface area contributed by atoms with Crippen LogP contribution >= 0.6 is 11.6 Å². The van der Waals surface area contributed by atoms with E-state index in [1.807, 2.05) is 24.3 Å². The molecule has 4 heteroatoms. The molecule has 0 radical (unpaired) electrons. The molecule has 0 atom stereocenters. The first-order valence-corrected chi connectivity index (χ1v) is 6.42. The maximum absolute atomic E-state index is 11.8. The zero-order valence-corrected chi connectivity index (χ0v) is 11.2. The molecular formula is C16H10ClNO2. The number of pyridine rings is 1. The number of ether oxygens (including phenoxy) is 1. The zero-order valence-electron chi connectivity index (χ0n) is 10.4. The van der Waals surface area contributed by atoms with Crippen molar-refractivity contribution in [2.75, 3.05) is 0 Å². The molecule has 0 amide bonds. The standard InChI is InChI=1S/C16H10ClNO2/c17-14-5-3-12(4-6-14)15-9-13(16(19)20-15)8-11-2-1-7-18-10-11/h1-10H/b13-8+. The highest BCUT2D eigenvalue weighted by Crippen LogP contribution is 2.27. The molecule has 0 fully saturated rings. The monoisotopic (exact) mass is 283 g/mol. The van der Waals surface area contributed by atoms with Crippen LogP contribution in [0.1, 0.15) is 11.1 Å². The molecule has 0 unspecified atom stereocenters. The SMILES string of the molecule is O=C1OC(c2ccc(Cl)cc2)=C/C1=C\c1cccnc1. The fourth-order valence-corrected chi connectivity index (χ4v) is 2.01. The molecule has 0 bridgehead atoms. The molecule has 3 nitrogen and oxygen atoms in total. The van der Waals surface area contributed by atoms with Crippen molar-refractivity contribution >= 4 is 29.4 Å². The summed E-state index contributed by atoms with van der Waals surface area (Å²) in [6, 6.07) is 10.8. The van der Waals surface area contributed by atoms with Gasteiger partial charge in [0.25, 0.3) is 0 Å². The zero-order chi connectivity index (χ0) is 13.9. The van der Waals surface area contributed by atoms with Crippen molar-refractivity contribution in [3.8, 4) is 0 Å². The molecule has 3 rings (SSSR count). The third kappa shape index (κ3) is 2.63. The van der Waals surface area contributed by atoms with E-state index in [0.717, 1.165) is 11.1 Å². The van der Waals surface area contributed by atoms with Crippen molar-refractivity contribution in [3.05, 3.63) is 76.6 Å². The summed E-state index contributed by atoms with van der Waals surface area (Å²) in [7, 11) is 0. The highest BCUT2D eigenvalue weighted by Gasteiger charge is 2.21. The summed E-state index contributed by atoms with van der Waals surface area (Å²) in [6.07, 6.45) is 6.84. The number of cyclic esters (lactones) is 1. The Labute approximate surface area is 121 Å². The molecule has 1 aromatic heterocycles. The quantitative estimate of drug-likeness (QED) is 0.623. The van der Waals surface area contributed by atoms with E-state index in [4.69, 9.17) is 16.3 Å². The van der Waals surface area contributed by atoms with Gasteiger partial charge in [-0.3, -0.25) is 4.98 Å². The number of rotatable bonds is 2. The van der Waals surface area contributed by atoms with Gasteiger partial charge in [-0.15, -0.1) is 0 Å². The summed E-state index contributed by atoms with van der Waals surface area (Å²) in [5.74, 6) is 0.167. The van der Waals surface area contributed by atoms with Crippen molar-refractivity contribution in [2.24, 2.45) is 0 Å². The number of carbonyl (C=O) groups excluding carboxylic acids is 1. The Hall–Kier alpha value is -2.39. The molecule has 98 valence electrons. The van der Waals surface area contributed by atoms with E-state index in [1.54, 1.807) is 36.7 Å². The summed E-state index contributed by atoms with van der Waals surface area (Å²) in [5, 5.41) is 0.643. The Balaban J connectivity index is 1.93. The highest BCUT2D eigenvalue weighted by atomic mass is 35.5. The fourth-order valence-electron chi connectivity index (χ4n) is 1.89. The first-order valence-electron chi connectivity index (χ1n) is 6.04. The number of aromatic nitrogens is 1. The van der Waals surface area contributed by atoms with Crippen molar-refractivity contribution < 1.29 is 9.53 Å². The normalized spacial score (nSPS) is 16.1. The second kappa shape index (κ2) is 5.31. The topological polar surface area (TPSA) is 39.2 Å². The lowest BCUT2D eigenvalue weighted by Gasteiger charge is -2.01. The Morgan fingerprint density at radius 3 is 2.65 bits per heavy atom. The summed E-state index contributed by atoms with van der Waals surface area (Å²) < 4.78 is 5.26. The fraction of sp³-hybridized carbons (Fsp3) is 0. The number of carbonyl (C=O) groups is 1. The summed E-state index contributed by atoms with van der Waals surface area (Å²) in [5.41, 5.74) is 2.17. The number of esters is 1. The van der Waals surface area contributed by atoms with Gasteiger partial charge < -0.3 is 4.74 Å². The largest absolute Gasteiger partial charge is 0.422 e. The molecule has 2 heterocycles. The average molecular weight is 284 g/mol. The van der Waals surface area contributed by atoms with Crippen LogP contribution in [-0.4, -0.2) is 11.0 Å². The van der Waals surface area contributed by atoms with E-state index >= 15 is 0 Å². The van der Waals surface area contributed by atoms with Gasteiger partial charge in [-0.05, 0) is 48.0 Å². The Morgan fingerprint density at radius 1 is 1.15 bits per heavy atom. The molecule has 20 heavy (non-hydrogen) atoms. The summed E-state index contributed by atoms with van der Waals surface area (Å²) in [6.45, 7) is 0. The molecule has 1 aliphatic rings. The predicted octanol–water partition coefficient (Wildman–Crippen LogP) is 3.72. The number of nitrogens with zero attached hydrogens (tertiary/aromatic N) is 1. The van der Waals surface area contributed by atoms with Crippen LogP contribution < -0.4 is 0 Å². The van der Waals surface area contributed by atoms with E-state index in [9.17, 15) is 4.79 Å². The summed E-state index contributed by atoms with van der Waals surface area (Å²) >= 11 is 5.84. The minimum atomic E-state index is -0.362. The third-order valence-electron chi connectivity index (χ3n) is 2.86. The molecule has 0 spiro atoms. The van der Waals surface area contributed by atoms with E-state index in [1.165, 1.54) is 0 Å². The molecule has 1 aliphatic heterocycles. The van der Waals surface area contributed by atoms with Gasteiger partial charge in [0.15, 0.2) is 0 Å². The van der Waals surface area contributed by atoms with Gasteiger partial charge in [-0.2, -0.15) is 0 Å². The lowest BCUT2D eigenvalue weighted by Crippen LogP contribution is -1.97. The minimum Gasteiger partial charge on any atom is -0.422 e. The van der Waals surface area contributed by atoms with Crippen LogP contribution in [0.3, 0.4) is 0 Å². The molecule has 0 saturated heterocycles. The van der Waals surface area contributed by atoms with Gasteiger partial charge in [0.1, 0.15) is 5.76 Å². The maximum Gasteiger partial charge on any atom is 0.343 e. The van der Waals surface area contributed by atoms with Gasteiger partial charge >= 0.3 is 5.97 Å². The van der Waals surface area contributed by atoms with Crippen LogP contribution in [0.15, 0.2) is 60.4 Å². The third-order valence-corrected chi connectivity index (χ3v) is 3.11. The molecule has 2 aromatic rings. The lowest BCUT2D eigenvalue weighted by molar-refractivity contribution is -0.130. The number of hydrogen-bond donors (Lipinski definition) is 0. The first kappa shape index (κ1) is 12.6. The average Bonchev–Trinajstić information content (AvgIpc) is 2.82. The van der Waals surface area contributed by atoms with Crippen LogP contribution in [0.5, 0.6) is 0 Å². The lowest BCUT2D eigenvalue weighted by atomic mass is 10.1. The smallest absolute Gasteiger partial charge is 0.343 e. The van der Waals surface area contributed by atoms with Crippen molar-refractivity contribution in [2.45, 2.75) is 0 Å². The van der Waals surface area contributed by atoms with Gasteiger partial charge in [-0.1, -0.05) is 17.7 Å². The molecule has 0 saturated carbocycles. The van der Waals surface area contributed by atoms with Crippen LogP contribution in [0.25, 0.3) is 11.8 Å². The number of hydrogen-bond acceptors (Lipinski definition) is 3. The van der Waals surface area contributed by atoms with E-state index < -0.39 is 0 Å². The Bertz CT molecular complexity index is 703.